The summed E-state index contributed by atoms with van der Waals surface area (Å²) in [5.41, 5.74) is 0.833. The first-order chi connectivity index (χ1) is 12.6. The second kappa shape index (κ2) is 7.83. The Bertz CT molecular complexity index is 940. The van der Waals surface area contributed by atoms with Crippen molar-refractivity contribution in [3.8, 4) is 11.3 Å². The Labute approximate surface area is 153 Å². The number of hydrogen-bond donors (Lipinski definition) is 0. The van der Waals surface area contributed by atoms with E-state index in [1.807, 2.05) is 30.3 Å². The lowest BCUT2D eigenvalue weighted by atomic mass is 10.2. The van der Waals surface area contributed by atoms with Gasteiger partial charge in [-0.25, -0.2) is 9.78 Å². The fraction of sp³-hybridized carbons (Fsp3) is 0.111. The summed E-state index contributed by atoms with van der Waals surface area (Å²) in [6, 6.07) is 13.6. The maximum absolute atomic E-state index is 12.1. The van der Waals surface area contributed by atoms with Gasteiger partial charge in [-0.3, -0.25) is 10.1 Å². The van der Waals surface area contributed by atoms with E-state index in [9.17, 15) is 14.9 Å². The van der Waals surface area contributed by atoms with Crippen LogP contribution in [0.4, 0.5) is 5.69 Å². The number of ether oxygens (including phenoxy) is 1. The standard InChI is InChI=1S/C18H14N2O5S/c1-26-16-8-7-13(9-14(16)20(22)23)18(21)24-11-17-19-10-15(25-17)12-5-3-2-4-6-12/h2-10H,11H2,1H3. The molecule has 0 aliphatic rings. The zero-order valence-corrected chi connectivity index (χ0v) is 14.6. The van der Waals surface area contributed by atoms with Gasteiger partial charge in [0.25, 0.3) is 5.69 Å². The first kappa shape index (κ1) is 17.7. The SMILES string of the molecule is CSc1ccc(C(=O)OCc2ncc(-c3ccccc3)o2)cc1[N+](=O)[O-]. The number of nitro groups is 1. The van der Waals surface area contributed by atoms with Crippen LogP contribution in [-0.2, 0) is 11.3 Å². The maximum atomic E-state index is 12.1. The normalized spacial score (nSPS) is 10.5. The van der Waals surface area contributed by atoms with E-state index in [2.05, 4.69) is 4.98 Å². The molecule has 0 aliphatic carbocycles. The van der Waals surface area contributed by atoms with Crippen molar-refractivity contribution in [2.75, 3.05) is 6.26 Å². The van der Waals surface area contributed by atoms with Crippen molar-refractivity contribution in [3.63, 3.8) is 0 Å². The molecular weight excluding hydrogens is 356 g/mol. The fourth-order valence-electron chi connectivity index (χ4n) is 2.28. The minimum absolute atomic E-state index is 0.101. The predicted octanol–water partition coefficient (Wildman–Crippen LogP) is 4.33. The molecule has 0 aliphatic heterocycles. The van der Waals surface area contributed by atoms with E-state index < -0.39 is 10.9 Å². The fourth-order valence-corrected chi connectivity index (χ4v) is 2.83. The van der Waals surface area contributed by atoms with Crippen molar-refractivity contribution in [1.29, 1.82) is 0 Å². The molecule has 0 fully saturated rings. The highest BCUT2D eigenvalue weighted by Crippen LogP contribution is 2.28. The number of aromatic nitrogens is 1. The lowest BCUT2D eigenvalue weighted by Gasteiger charge is -2.04. The quantitative estimate of drug-likeness (QED) is 0.276. The van der Waals surface area contributed by atoms with Gasteiger partial charge in [0, 0.05) is 11.6 Å². The van der Waals surface area contributed by atoms with E-state index in [1.54, 1.807) is 12.5 Å². The van der Waals surface area contributed by atoms with E-state index in [4.69, 9.17) is 9.15 Å². The zero-order valence-electron chi connectivity index (χ0n) is 13.7. The van der Waals surface area contributed by atoms with E-state index >= 15 is 0 Å². The van der Waals surface area contributed by atoms with Gasteiger partial charge in [0.2, 0.25) is 5.89 Å². The van der Waals surface area contributed by atoms with Gasteiger partial charge in [0.1, 0.15) is 0 Å². The third-order valence-electron chi connectivity index (χ3n) is 3.55. The van der Waals surface area contributed by atoms with E-state index in [1.165, 1.54) is 30.0 Å². The molecule has 3 rings (SSSR count). The minimum atomic E-state index is -0.680. The number of hydrogen-bond acceptors (Lipinski definition) is 7. The number of nitro benzene ring substituents is 1. The first-order valence-corrected chi connectivity index (χ1v) is 8.80. The highest BCUT2D eigenvalue weighted by atomic mass is 32.2. The highest BCUT2D eigenvalue weighted by molar-refractivity contribution is 7.98. The van der Waals surface area contributed by atoms with E-state index in [-0.39, 0.29) is 23.7 Å². The molecule has 3 aromatic rings. The van der Waals surface area contributed by atoms with Gasteiger partial charge in [-0.15, -0.1) is 11.8 Å². The Balaban J connectivity index is 1.69. The van der Waals surface area contributed by atoms with Crippen LogP contribution >= 0.6 is 11.8 Å². The Morgan fingerprint density at radius 2 is 2.04 bits per heavy atom. The molecule has 0 unspecified atom stereocenters. The number of rotatable bonds is 6. The molecule has 132 valence electrons. The molecule has 2 aromatic carbocycles. The molecule has 0 radical (unpaired) electrons. The number of carbonyl (C=O) groups is 1. The maximum Gasteiger partial charge on any atom is 0.338 e. The van der Waals surface area contributed by atoms with Crippen LogP contribution in [0.3, 0.4) is 0 Å². The molecule has 0 spiro atoms. The van der Waals surface area contributed by atoms with Crippen LogP contribution in [0, 0.1) is 10.1 Å². The summed E-state index contributed by atoms with van der Waals surface area (Å²) in [6.45, 7) is -0.163. The monoisotopic (exact) mass is 370 g/mol. The van der Waals surface area contributed by atoms with Crippen molar-refractivity contribution in [2.45, 2.75) is 11.5 Å². The molecule has 0 amide bonds. The van der Waals surface area contributed by atoms with Gasteiger partial charge in [-0.2, -0.15) is 0 Å². The Morgan fingerprint density at radius 1 is 1.27 bits per heavy atom. The molecular formula is C18H14N2O5S. The van der Waals surface area contributed by atoms with Gasteiger partial charge < -0.3 is 9.15 Å². The average Bonchev–Trinajstić information content (AvgIpc) is 3.15. The van der Waals surface area contributed by atoms with Crippen molar-refractivity contribution in [3.05, 3.63) is 76.3 Å². The van der Waals surface area contributed by atoms with E-state index in [0.29, 0.717) is 10.7 Å². The Morgan fingerprint density at radius 3 is 2.73 bits per heavy atom. The van der Waals surface area contributed by atoms with Crippen molar-refractivity contribution in [1.82, 2.24) is 4.98 Å². The molecule has 1 heterocycles. The van der Waals surface area contributed by atoms with Gasteiger partial charge >= 0.3 is 5.97 Å². The average molecular weight is 370 g/mol. The summed E-state index contributed by atoms with van der Waals surface area (Å²) < 4.78 is 10.7. The molecule has 0 bridgehead atoms. The summed E-state index contributed by atoms with van der Waals surface area (Å²) in [5.74, 6) is 0.129. The van der Waals surface area contributed by atoms with Crippen LogP contribution in [0.2, 0.25) is 0 Å². The van der Waals surface area contributed by atoms with Crippen LogP contribution in [0.1, 0.15) is 16.2 Å². The zero-order chi connectivity index (χ0) is 18.5. The number of thioether (sulfide) groups is 1. The van der Waals surface area contributed by atoms with Crippen molar-refractivity contribution < 1.29 is 18.9 Å². The molecule has 0 saturated carbocycles. The minimum Gasteiger partial charge on any atom is -0.452 e. The summed E-state index contributed by atoms with van der Waals surface area (Å²) >= 11 is 1.24. The molecule has 0 saturated heterocycles. The third kappa shape index (κ3) is 3.92. The second-order valence-corrected chi connectivity index (χ2v) is 6.05. The lowest BCUT2D eigenvalue weighted by molar-refractivity contribution is -0.387. The molecule has 7 nitrogen and oxygen atoms in total. The van der Waals surface area contributed by atoms with Crippen LogP contribution in [0.15, 0.2) is 64.0 Å². The molecule has 26 heavy (non-hydrogen) atoms. The summed E-state index contributed by atoms with van der Waals surface area (Å²) in [7, 11) is 0. The molecule has 1 aromatic heterocycles. The van der Waals surface area contributed by atoms with E-state index in [0.717, 1.165) is 5.56 Å². The largest absolute Gasteiger partial charge is 0.452 e. The smallest absolute Gasteiger partial charge is 0.338 e. The van der Waals surface area contributed by atoms with Gasteiger partial charge in [0.05, 0.1) is 21.6 Å². The van der Waals surface area contributed by atoms with Crippen LogP contribution in [0.25, 0.3) is 11.3 Å². The summed E-state index contributed by atoms with van der Waals surface area (Å²) in [6.07, 6.45) is 3.28. The predicted molar refractivity (Wildman–Crippen MR) is 95.9 cm³/mol. The number of oxazole rings is 1. The summed E-state index contributed by atoms with van der Waals surface area (Å²) in [5, 5.41) is 11.1. The first-order valence-electron chi connectivity index (χ1n) is 7.58. The van der Waals surface area contributed by atoms with Crippen LogP contribution < -0.4 is 0 Å². The number of carbonyl (C=O) groups excluding carboxylic acids is 1. The molecule has 0 N–H and O–H groups in total. The molecule has 8 heteroatoms. The number of esters is 1. The van der Waals surface area contributed by atoms with Gasteiger partial charge in [0.15, 0.2) is 12.4 Å². The lowest BCUT2D eigenvalue weighted by Crippen LogP contribution is -2.06. The van der Waals surface area contributed by atoms with Crippen molar-refractivity contribution in [2.24, 2.45) is 0 Å². The van der Waals surface area contributed by atoms with Crippen LogP contribution in [-0.4, -0.2) is 22.1 Å². The Kier molecular flexibility index (Phi) is 5.33. The topological polar surface area (TPSA) is 95.5 Å². The summed E-state index contributed by atoms with van der Waals surface area (Å²) in [4.78, 5) is 27.3. The van der Waals surface area contributed by atoms with Crippen LogP contribution in [0.5, 0.6) is 0 Å². The Hall–Kier alpha value is -3.13. The third-order valence-corrected chi connectivity index (χ3v) is 4.33. The molecule has 0 atom stereocenters. The van der Waals surface area contributed by atoms with Crippen molar-refractivity contribution >= 4 is 23.4 Å². The van der Waals surface area contributed by atoms with Gasteiger partial charge in [-0.05, 0) is 18.4 Å². The highest BCUT2D eigenvalue weighted by Gasteiger charge is 2.18. The van der Waals surface area contributed by atoms with Gasteiger partial charge in [-0.1, -0.05) is 30.3 Å². The number of nitrogens with zero attached hydrogens (tertiary/aromatic N) is 2. The second-order valence-electron chi connectivity index (χ2n) is 5.20. The number of benzene rings is 2.